The first-order valence-corrected chi connectivity index (χ1v) is 11.1. The van der Waals surface area contributed by atoms with Crippen LogP contribution in [0.3, 0.4) is 0 Å². The molecule has 1 aliphatic rings. The summed E-state index contributed by atoms with van der Waals surface area (Å²) in [5.74, 6) is 4.58. The summed E-state index contributed by atoms with van der Waals surface area (Å²) in [7, 11) is 0. The lowest BCUT2D eigenvalue weighted by molar-refractivity contribution is 0.0526. The van der Waals surface area contributed by atoms with Crippen LogP contribution >= 0.6 is 0 Å². The minimum Gasteiger partial charge on any atom is -0.462 e. The fourth-order valence-electron chi connectivity index (χ4n) is 4.04. The van der Waals surface area contributed by atoms with Crippen molar-refractivity contribution in [3.05, 3.63) is 94.8 Å². The number of hydrogen-bond donors (Lipinski definition) is 1. The summed E-state index contributed by atoms with van der Waals surface area (Å²) in [6, 6.07) is 20.0. The van der Waals surface area contributed by atoms with E-state index in [1.807, 2.05) is 24.3 Å². The average molecular weight is 458 g/mol. The predicted octanol–water partition coefficient (Wildman–Crippen LogP) is 5.28. The van der Waals surface area contributed by atoms with Crippen molar-refractivity contribution in [1.82, 2.24) is 5.32 Å². The molecule has 0 aliphatic heterocycles. The van der Waals surface area contributed by atoms with Crippen LogP contribution in [0, 0.1) is 17.7 Å². The van der Waals surface area contributed by atoms with Crippen LogP contribution < -0.4 is 5.32 Å². The molecule has 3 aromatic rings. The molecule has 172 valence electrons. The highest BCUT2D eigenvalue weighted by Gasteiger charge is 2.28. The van der Waals surface area contributed by atoms with Crippen LogP contribution in [-0.4, -0.2) is 31.8 Å². The molecule has 1 amide bonds. The predicted molar refractivity (Wildman–Crippen MR) is 127 cm³/mol. The van der Waals surface area contributed by atoms with Gasteiger partial charge in [-0.15, -0.1) is 0 Å². The van der Waals surface area contributed by atoms with E-state index >= 15 is 0 Å². The van der Waals surface area contributed by atoms with Gasteiger partial charge in [0.25, 0.3) is 0 Å². The number of benzene rings is 3. The number of hydrogen-bond acceptors (Lipinski definition) is 4. The number of nitrogens with one attached hydrogen (secondary N) is 1. The van der Waals surface area contributed by atoms with Crippen molar-refractivity contribution >= 4 is 12.1 Å². The molecule has 0 spiro atoms. The van der Waals surface area contributed by atoms with E-state index in [0.29, 0.717) is 6.42 Å². The van der Waals surface area contributed by atoms with Crippen molar-refractivity contribution in [2.45, 2.75) is 19.3 Å². The highest BCUT2D eigenvalue weighted by atomic mass is 19.1. The largest absolute Gasteiger partial charge is 0.462 e. The van der Waals surface area contributed by atoms with Gasteiger partial charge in [0.05, 0.1) is 12.2 Å². The number of halogens is 1. The normalized spacial score (nSPS) is 11.6. The summed E-state index contributed by atoms with van der Waals surface area (Å²) in [6.07, 6.45) is -0.218. The van der Waals surface area contributed by atoms with Crippen LogP contribution in [-0.2, 0) is 9.47 Å². The molecule has 0 fully saturated rings. The Balaban J connectivity index is 1.30. The molecule has 4 rings (SSSR count). The van der Waals surface area contributed by atoms with Crippen LogP contribution in [0.2, 0.25) is 0 Å². The van der Waals surface area contributed by atoms with Gasteiger partial charge in [-0.05, 0) is 47.4 Å². The molecular weight excluding hydrogens is 433 g/mol. The van der Waals surface area contributed by atoms with E-state index in [1.165, 1.54) is 29.3 Å². The number of carbonyl (C=O) groups excluding carboxylic acids is 2. The Kier molecular flexibility index (Phi) is 7.24. The number of fused-ring (bicyclic) bond motifs is 3. The molecule has 34 heavy (non-hydrogen) atoms. The zero-order chi connectivity index (χ0) is 23.9. The fraction of sp³-hybridized carbons (Fsp3) is 0.214. The van der Waals surface area contributed by atoms with Gasteiger partial charge in [-0.25, -0.2) is 14.0 Å². The molecule has 0 atom stereocenters. The molecule has 0 heterocycles. The summed E-state index contributed by atoms with van der Waals surface area (Å²) >= 11 is 0. The van der Waals surface area contributed by atoms with Crippen molar-refractivity contribution in [2.24, 2.45) is 0 Å². The Hall–Kier alpha value is -4.11. The number of alkyl carbamates (subject to hydrolysis) is 1. The van der Waals surface area contributed by atoms with Crippen molar-refractivity contribution in [1.29, 1.82) is 0 Å². The first kappa shape index (κ1) is 23.1. The molecule has 0 unspecified atom stereocenters. The second-order valence-electron chi connectivity index (χ2n) is 7.71. The second kappa shape index (κ2) is 10.7. The van der Waals surface area contributed by atoms with Gasteiger partial charge < -0.3 is 14.8 Å². The van der Waals surface area contributed by atoms with E-state index in [1.54, 1.807) is 6.92 Å². The van der Waals surface area contributed by atoms with E-state index in [-0.39, 0.29) is 36.8 Å². The van der Waals surface area contributed by atoms with Crippen LogP contribution in [0.15, 0.2) is 66.7 Å². The maximum atomic E-state index is 13.6. The number of amides is 1. The zero-order valence-electron chi connectivity index (χ0n) is 18.8. The Morgan fingerprint density at radius 2 is 1.65 bits per heavy atom. The molecular formula is C28H24FNO4. The van der Waals surface area contributed by atoms with Gasteiger partial charge in [0.1, 0.15) is 12.4 Å². The van der Waals surface area contributed by atoms with E-state index in [0.717, 1.165) is 11.1 Å². The lowest BCUT2D eigenvalue weighted by Gasteiger charge is -2.14. The topological polar surface area (TPSA) is 64.6 Å². The van der Waals surface area contributed by atoms with E-state index in [9.17, 15) is 14.0 Å². The Labute approximate surface area is 197 Å². The number of carbonyl (C=O) groups is 2. The summed E-state index contributed by atoms with van der Waals surface area (Å²) in [4.78, 5) is 24.2. The fourth-order valence-corrected chi connectivity index (χ4v) is 4.04. The molecule has 3 aromatic carbocycles. The Morgan fingerprint density at radius 1 is 0.971 bits per heavy atom. The standard InChI is InChI=1S/C28H24FNO4/c1-2-33-27(31)21-15-14-20(29)17-19(21)9-7-8-16-30-28(32)34-18-26-24-12-5-3-10-22(24)23-11-4-6-13-25(23)26/h3-6,10-15,17,26H,2,8,16,18H2,1H3,(H,30,32). The minimum atomic E-state index is -0.552. The molecule has 1 aliphatic carbocycles. The summed E-state index contributed by atoms with van der Waals surface area (Å²) in [5.41, 5.74) is 5.09. The molecule has 0 aromatic heterocycles. The smallest absolute Gasteiger partial charge is 0.407 e. The van der Waals surface area contributed by atoms with Crippen molar-refractivity contribution < 1.29 is 23.5 Å². The summed E-state index contributed by atoms with van der Waals surface area (Å²) < 4.78 is 24.0. The molecule has 0 radical (unpaired) electrons. The van der Waals surface area contributed by atoms with Gasteiger partial charge in [-0.2, -0.15) is 0 Å². The molecule has 0 saturated carbocycles. The number of rotatable bonds is 6. The molecule has 5 nitrogen and oxygen atoms in total. The third-order valence-electron chi connectivity index (χ3n) is 5.56. The minimum absolute atomic E-state index is 0.00721. The monoisotopic (exact) mass is 457 g/mol. The van der Waals surface area contributed by atoms with Gasteiger partial charge in [0.2, 0.25) is 0 Å². The van der Waals surface area contributed by atoms with Gasteiger partial charge in [0.15, 0.2) is 0 Å². The van der Waals surface area contributed by atoms with Crippen LogP contribution in [0.4, 0.5) is 9.18 Å². The lowest BCUT2D eigenvalue weighted by atomic mass is 9.98. The highest BCUT2D eigenvalue weighted by Crippen LogP contribution is 2.44. The number of esters is 1. The Morgan fingerprint density at radius 3 is 2.32 bits per heavy atom. The summed E-state index contributed by atoms with van der Waals surface area (Å²) in [5, 5.41) is 2.68. The molecule has 0 bridgehead atoms. The highest BCUT2D eigenvalue weighted by molar-refractivity contribution is 5.92. The first-order valence-electron chi connectivity index (χ1n) is 11.1. The maximum absolute atomic E-state index is 13.6. The average Bonchev–Trinajstić information content (AvgIpc) is 3.16. The van der Waals surface area contributed by atoms with Gasteiger partial charge in [-0.3, -0.25) is 0 Å². The maximum Gasteiger partial charge on any atom is 0.407 e. The number of ether oxygens (including phenoxy) is 2. The molecule has 6 heteroatoms. The second-order valence-corrected chi connectivity index (χ2v) is 7.71. The first-order chi connectivity index (χ1) is 16.6. The van der Waals surface area contributed by atoms with Crippen molar-refractivity contribution in [3.63, 3.8) is 0 Å². The van der Waals surface area contributed by atoms with E-state index in [4.69, 9.17) is 9.47 Å². The third-order valence-corrected chi connectivity index (χ3v) is 5.56. The van der Waals surface area contributed by atoms with Gasteiger partial charge in [-0.1, -0.05) is 60.4 Å². The molecule has 1 N–H and O–H groups in total. The zero-order valence-corrected chi connectivity index (χ0v) is 18.8. The summed E-state index contributed by atoms with van der Waals surface area (Å²) in [6.45, 7) is 2.40. The third kappa shape index (κ3) is 5.10. The van der Waals surface area contributed by atoms with E-state index < -0.39 is 17.9 Å². The van der Waals surface area contributed by atoms with Crippen molar-refractivity contribution in [3.8, 4) is 23.0 Å². The van der Waals surface area contributed by atoms with Crippen molar-refractivity contribution in [2.75, 3.05) is 19.8 Å². The van der Waals surface area contributed by atoms with Crippen LogP contribution in [0.25, 0.3) is 11.1 Å². The quantitative estimate of drug-likeness (QED) is 0.311. The lowest BCUT2D eigenvalue weighted by Crippen LogP contribution is -2.26. The van der Waals surface area contributed by atoms with E-state index in [2.05, 4.69) is 41.4 Å². The molecule has 0 saturated heterocycles. The van der Waals surface area contributed by atoms with Crippen LogP contribution in [0.1, 0.15) is 46.3 Å². The van der Waals surface area contributed by atoms with Gasteiger partial charge in [0, 0.05) is 24.4 Å². The van der Waals surface area contributed by atoms with Crippen LogP contribution in [0.5, 0.6) is 0 Å². The SMILES string of the molecule is CCOC(=O)c1ccc(F)cc1C#CCCNC(=O)OCC1c2ccccc2-c2ccccc21. The Bertz CT molecular complexity index is 1230. The van der Waals surface area contributed by atoms with Gasteiger partial charge >= 0.3 is 12.1 Å².